The summed E-state index contributed by atoms with van der Waals surface area (Å²) in [5, 5.41) is 8.92. The highest BCUT2D eigenvalue weighted by Gasteiger charge is 2.25. The molecule has 0 amide bonds. The van der Waals surface area contributed by atoms with Crippen molar-refractivity contribution in [2.75, 3.05) is 26.2 Å². The quantitative estimate of drug-likeness (QED) is 0.621. The van der Waals surface area contributed by atoms with Gasteiger partial charge in [0.2, 0.25) is 0 Å². The second kappa shape index (κ2) is 10.2. The third-order valence-corrected chi connectivity index (χ3v) is 3.75. The maximum Gasteiger partial charge on any atom is 0.334 e. The number of rotatable bonds is 10. The van der Waals surface area contributed by atoms with Crippen LogP contribution in [-0.4, -0.2) is 48.3 Å². The minimum atomic E-state index is -0.833. The monoisotopic (exact) mass is 271 g/mol. The Morgan fingerprint density at radius 2 is 1.79 bits per heavy atom. The lowest BCUT2D eigenvalue weighted by Crippen LogP contribution is -2.46. The molecule has 0 aromatic rings. The number of aliphatic carboxylic acids is 1. The van der Waals surface area contributed by atoms with Crippen LogP contribution in [0.3, 0.4) is 0 Å². The van der Waals surface area contributed by atoms with Gasteiger partial charge in [-0.3, -0.25) is 4.90 Å². The molecule has 4 nitrogen and oxygen atoms in total. The van der Waals surface area contributed by atoms with Crippen molar-refractivity contribution < 1.29 is 14.6 Å². The van der Waals surface area contributed by atoms with Gasteiger partial charge in [-0.05, 0) is 13.0 Å². The normalized spacial score (nSPS) is 20.6. The molecule has 1 N–H and O–H groups in total. The van der Waals surface area contributed by atoms with Gasteiger partial charge in [-0.25, -0.2) is 4.79 Å². The molecule has 1 aliphatic rings. The van der Waals surface area contributed by atoms with Crippen LogP contribution in [0.25, 0.3) is 0 Å². The van der Waals surface area contributed by atoms with Gasteiger partial charge in [-0.15, -0.1) is 0 Å². The van der Waals surface area contributed by atoms with E-state index < -0.39 is 12.1 Å². The van der Waals surface area contributed by atoms with Gasteiger partial charge in [0.1, 0.15) is 0 Å². The van der Waals surface area contributed by atoms with Crippen LogP contribution in [0.2, 0.25) is 0 Å². The molecular formula is C15H29NO3. The second-order valence-corrected chi connectivity index (χ2v) is 5.47. The lowest BCUT2D eigenvalue weighted by molar-refractivity contribution is -0.156. The number of morpholine rings is 1. The van der Waals surface area contributed by atoms with E-state index in [0.29, 0.717) is 13.2 Å². The molecule has 0 radical (unpaired) electrons. The number of nitrogens with zero attached hydrogens (tertiary/aromatic N) is 1. The molecule has 0 saturated carbocycles. The van der Waals surface area contributed by atoms with Gasteiger partial charge >= 0.3 is 5.97 Å². The summed E-state index contributed by atoms with van der Waals surface area (Å²) in [6.45, 7) is 5.23. The van der Waals surface area contributed by atoms with Crippen molar-refractivity contribution in [1.29, 1.82) is 0 Å². The molecule has 1 unspecified atom stereocenters. The summed E-state index contributed by atoms with van der Waals surface area (Å²) in [4.78, 5) is 13.1. The molecule has 0 spiro atoms. The fourth-order valence-corrected chi connectivity index (χ4v) is 2.52. The number of hydrogen-bond donors (Lipinski definition) is 1. The number of unbranched alkanes of at least 4 members (excludes halogenated alkanes) is 7. The molecule has 1 saturated heterocycles. The molecular weight excluding hydrogens is 242 g/mol. The number of carbonyl (C=O) groups is 1. The van der Waals surface area contributed by atoms with Crippen molar-refractivity contribution in [3.63, 3.8) is 0 Å². The van der Waals surface area contributed by atoms with Crippen LogP contribution in [0.4, 0.5) is 0 Å². The predicted octanol–water partition coefficient (Wildman–Crippen LogP) is 2.91. The van der Waals surface area contributed by atoms with Crippen molar-refractivity contribution in [3.8, 4) is 0 Å². The number of carboxylic acid groups (broad SMARTS) is 1. The Morgan fingerprint density at radius 3 is 2.42 bits per heavy atom. The molecule has 1 rings (SSSR count). The van der Waals surface area contributed by atoms with Gasteiger partial charge < -0.3 is 9.84 Å². The smallest absolute Gasteiger partial charge is 0.334 e. The van der Waals surface area contributed by atoms with Crippen LogP contribution in [0.1, 0.15) is 58.3 Å². The van der Waals surface area contributed by atoms with Crippen LogP contribution < -0.4 is 0 Å². The van der Waals surface area contributed by atoms with Gasteiger partial charge in [0.15, 0.2) is 6.10 Å². The molecule has 19 heavy (non-hydrogen) atoms. The van der Waals surface area contributed by atoms with Crippen molar-refractivity contribution >= 4 is 5.97 Å². The number of hydrogen-bond acceptors (Lipinski definition) is 3. The lowest BCUT2D eigenvalue weighted by atomic mass is 10.1. The maximum absolute atomic E-state index is 10.8. The van der Waals surface area contributed by atoms with Crippen LogP contribution in [0.15, 0.2) is 0 Å². The second-order valence-electron chi connectivity index (χ2n) is 5.47. The summed E-state index contributed by atoms with van der Waals surface area (Å²) >= 11 is 0. The van der Waals surface area contributed by atoms with Crippen LogP contribution >= 0.6 is 0 Å². The SMILES string of the molecule is CCCCCCCCCCN1CCOC(C(=O)O)C1. The molecule has 0 bridgehead atoms. The minimum absolute atomic E-state index is 0.547. The lowest BCUT2D eigenvalue weighted by Gasteiger charge is -2.30. The highest BCUT2D eigenvalue weighted by Crippen LogP contribution is 2.10. The van der Waals surface area contributed by atoms with E-state index in [0.717, 1.165) is 13.1 Å². The van der Waals surface area contributed by atoms with Gasteiger partial charge in [-0.2, -0.15) is 0 Å². The van der Waals surface area contributed by atoms with Crippen molar-refractivity contribution in [2.45, 2.75) is 64.4 Å². The zero-order chi connectivity index (χ0) is 13.9. The molecule has 4 heteroatoms. The Kier molecular flexibility index (Phi) is 8.84. The van der Waals surface area contributed by atoms with Gasteiger partial charge in [0.25, 0.3) is 0 Å². The van der Waals surface area contributed by atoms with E-state index in [4.69, 9.17) is 9.84 Å². The van der Waals surface area contributed by atoms with E-state index in [2.05, 4.69) is 11.8 Å². The zero-order valence-electron chi connectivity index (χ0n) is 12.3. The zero-order valence-corrected chi connectivity index (χ0v) is 12.3. The summed E-state index contributed by atoms with van der Waals surface area (Å²) in [5.74, 6) is -0.833. The third-order valence-electron chi connectivity index (χ3n) is 3.75. The standard InChI is InChI=1S/C15H29NO3/c1-2-3-4-5-6-7-8-9-10-16-11-12-19-14(13-16)15(17)18/h14H,2-13H2,1H3,(H,17,18). The Bertz CT molecular complexity index is 246. The van der Waals surface area contributed by atoms with Gasteiger partial charge in [0.05, 0.1) is 6.61 Å². The fourth-order valence-electron chi connectivity index (χ4n) is 2.52. The van der Waals surface area contributed by atoms with Crippen LogP contribution in [0, 0.1) is 0 Å². The van der Waals surface area contributed by atoms with E-state index in [1.165, 1.54) is 51.4 Å². The van der Waals surface area contributed by atoms with E-state index in [1.807, 2.05) is 0 Å². The first-order chi connectivity index (χ1) is 9.24. The van der Waals surface area contributed by atoms with E-state index in [9.17, 15) is 4.79 Å². The Hall–Kier alpha value is -0.610. The van der Waals surface area contributed by atoms with Gasteiger partial charge in [0, 0.05) is 13.1 Å². The molecule has 0 aliphatic carbocycles. The third kappa shape index (κ3) is 7.53. The largest absolute Gasteiger partial charge is 0.479 e. The van der Waals surface area contributed by atoms with Crippen LogP contribution in [0.5, 0.6) is 0 Å². The molecule has 1 fully saturated rings. The molecule has 1 heterocycles. The summed E-state index contributed by atoms with van der Waals surface area (Å²) in [7, 11) is 0. The summed E-state index contributed by atoms with van der Waals surface area (Å²) in [6.07, 6.45) is 9.90. The molecule has 0 aromatic carbocycles. The average molecular weight is 271 g/mol. The minimum Gasteiger partial charge on any atom is -0.479 e. The van der Waals surface area contributed by atoms with E-state index in [-0.39, 0.29) is 0 Å². The highest BCUT2D eigenvalue weighted by molar-refractivity contribution is 5.72. The van der Waals surface area contributed by atoms with Crippen molar-refractivity contribution in [2.24, 2.45) is 0 Å². The average Bonchev–Trinajstić information content (AvgIpc) is 2.42. The summed E-state index contributed by atoms with van der Waals surface area (Å²) in [6, 6.07) is 0. The molecule has 112 valence electrons. The van der Waals surface area contributed by atoms with Crippen molar-refractivity contribution in [1.82, 2.24) is 4.90 Å². The van der Waals surface area contributed by atoms with Crippen LogP contribution in [-0.2, 0) is 9.53 Å². The number of carboxylic acids is 1. The molecule has 1 aliphatic heterocycles. The van der Waals surface area contributed by atoms with Crippen molar-refractivity contribution in [3.05, 3.63) is 0 Å². The Labute approximate surface area is 117 Å². The first-order valence-electron chi connectivity index (χ1n) is 7.80. The summed E-state index contributed by atoms with van der Waals surface area (Å²) in [5.41, 5.74) is 0. The fraction of sp³-hybridized carbons (Fsp3) is 0.933. The first-order valence-corrected chi connectivity index (χ1v) is 7.80. The predicted molar refractivity (Wildman–Crippen MR) is 76.4 cm³/mol. The summed E-state index contributed by atoms with van der Waals surface area (Å²) < 4.78 is 5.21. The Balaban J connectivity index is 1.95. The topological polar surface area (TPSA) is 49.8 Å². The van der Waals surface area contributed by atoms with E-state index >= 15 is 0 Å². The maximum atomic E-state index is 10.8. The molecule has 1 atom stereocenters. The first kappa shape index (κ1) is 16.4. The van der Waals surface area contributed by atoms with E-state index in [1.54, 1.807) is 0 Å². The van der Waals surface area contributed by atoms with Gasteiger partial charge in [-0.1, -0.05) is 51.9 Å². The Morgan fingerprint density at radius 1 is 1.16 bits per heavy atom. The highest BCUT2D eigenvalue weighted by atomic mass is 16.5. The molecule has 0 aromatic heterocycles. The number of ether oxygens (including phenoxy) is 1.